The largest absolute Gasteiger partial charge is 0.323 e. The van der Waals surface area contributed by atoms with Gasteiger partial charge < -0.3 is 10.6 Å². The number of carbonyl (C=O) groups excluding carboxylic acids is 2. The molecule has 2 spiro atoms. The lowest BCUT2D eigenvalue weighted by atomic mass is 9.61. The number of urea groups is 1. The van der Waals surface area contributed by atoms with Crippen molar-refractivity contribution in [1.29, 1.82) is 0 Å². The summed E-state index contributed by atoms with van der Waals surface area (Å²) < 4.78 is 0. The Morgan fingerprint density at radius 2 is 1.90 bits per heavy atom. The summed E-state index contributed by atoms with van der Waals surface area (Å²) in [6.07, 6.45) is 6.19. The lowest BCUT2D eigenvalue weighted by Crippen LogP contribution is -2.74. The van der Waals surface area contributed by atoms with Gasteiger partial charge in [-0.1, -0.05) is 26.7 Å². The summed E-state index contributed by atoms with van der Waals surface area (Å²) in [5.74, 6) is -0.0222. The van der Waals surface area contributed by atoms with Crippen LogP contribution in [0.5, 0.6) is 0 Å². The number of piperidine rings is 1. The van der Waals surface area contributed by atoms with Crippen LogP contribution < -0.4 is 16.0 Å². The van der Waals surface area contributed by atoms with Gasteiger partial charge in [-0.15, -0.1) is 0 Å². The minimum Gasteiger partial charge on any atom is -0.323 e. The standard InChI is InChI=1S/C15H25N3O2/c1-4-13(3)9-15(11(19)16-12(20)17-15)10(2)14(18-13)7-5-6-8-14/h10,18H,4-9H2,1-3H3,(H2,16,17,19,20). The summed E-state index contributed by atoms with van der Waals surface area (Å²) in [6, 6.07) is -0.338. The third-order valence-corrected chi connectivity index (χ3v) is 6.03. The molecule has 0 aromatic heterocycles. The highest BCUT2D eigenvalue weighted by Gasteiger charge is 2.63. The Labute approximate surface area is 120 Å². The Hall–Kier alpha value is -1.10. The predicted molar refractivity (Wildman–Crippen MR) is 76.2 cm³/mol. The first kappa shape index (κ1) is 13.9. The van der Waals surface area contributed by atoms with Gasteiger partial charge in [0.1, 0.15) is 5.54 Å². The van der Waals surface area contributed by atoms with Crippen LogP contribution in [0.25, 0.3) is 0 Å². The first-order valence-corrected chi connectivity index (χ1v) is 7.79. The second-order valence-corrected chi connectivity index (χ2v) is 7.18. The monoisotopic (exact) mass is 279 g/mol. The van der Waals surface area contributed by atoms with Gasteiger partial charge in [-0.05, 0) is 32.6 Å². The molecule has 1 aliphatic carbocycles. The molecule has 2 aliphatic heterocycles. The van der Waals surface area contributed by atoms with Crippen molar-refractivity contribution in [3.63, 3.8) is 0 Å². The summed E-state index contributed by atoms with van der Waals surface area (Å²) in [4.78, 5) is 24.2. The molecule has 5 nitrogen and oxygen atoms in total. The van der Waals surface area contributed by atoms with Gasteiger partial charge in [0.2, 0.25) is 0 Å². The normalized spacial score (nSPS) is 43.0. The van der Waals surface area contributed by atoms with E-state index >= 15 is 0 Å². The van der Waals surface area contributed by atoms with E-state index in [1.165, 1.54) is 12.8 Å². The van der Waals surface area contributed by atoms with Gasteiger partial charge in [-0.2, -0.15) is 0 Å². The fraction of sp³-hybridized carbons (Fsp3) is 0.867. The van der Waals surface area contributed by atoms with Crippen LogP contribution in [0.2, 0.25) is 0 Å². The van der Waals surface area contributed by atoms with Gasteiger partial charge in [0.25, 0.3) is 5.91 Å². The first-order valence-electron chi connectivity index (χ1n) is 7.79. The average molecular weight is 279 g/mol. The Morgan fingerprint density at radius 1 is 1.25 bits per heavy atom. The molecule has 5 heteroatoms. The number of imide groups is 1. The Bertz CT molecular complexity index is 458. The molecule has 3 atom stereocenters. The smallest absolute Gasteiger partial charge is 0.322 e. The maximum absolute atomic E-state index is 12.5. The highest BCUT2D eigenvalue weighted by molar-refractivity contribution is 6.07. The van der Waals surface area contributed by atoms with Gasteiger partial charge in [0.15, 0.2) is 0 Å². The molecule has 3 aliphatic rings. The Morgan fingerprint density at radius 3 is 2.40 bits per heavy atom. The molecular formula is C15H25N3O2. The van der Waals surface area contributed by atoms with Crippen molar-refractivity contribution < 1.29 is 9.59 Å². The van der Waals surface area contributed by atoms with Crippen LogP contribution in [0.4, 0.5) is 4.79 Å². The second kappa shape index (κ2) is 4.20. The Balaban J connectivity index is 2.05. The minimum absolute atomic E-state index is 0.0159. The van der Waals surface area contributed by atoms with E-state index in [1.54, 1.807) is 0 Å². The SMILES string of the molecule is CCC1(C)CC2(NC(=O)NC2=O)C(C)C2(CCCC2)N1. The van der Waals surface area contributed by atoms with E-state index in [0.29, 0.717) is 6.42 Å². The maximum atomic E-state index is 12.5. The topological polar surface area (TPSA) is 70.2 Å². The minimum atomic E-state index is -0.739. The maximum Gasteiger partial charge on any atom is 0.322 e. The molecule has 3 amide bonds. The number of nitrogens with one attached hydrogen (secondary N) is 3. The van der Waals surface area contributed by atoms with Gasteiger partial charge in [-0.3, -0.25) is 10.1 Å². The van der Waals surface area contributed by atoms with E-state index in [1.807, 2.05) is 0 Å². The van der Waals surface area contributed by atoms with Crippen molar-refractivity contribution in [3.05, 3.63) is 0 Å². The van der Waals surface area contributed by atoms with E-state index in [0.717, 1.165) is 19.3 Å². The van der Waals surface area contributed by atoms with Crippen molar-refractivity contribution in [2.24, 2.45) is 5.92 Å². The zero-order chi connectivity index (χ0) is 14.6. The summed E-state index contributed by atoms with van der Waals surface area (Å²) in [5.41, 5.74) is -0.860. The van der Waals surface area contributed by atoms with E-state index in [2.05, 4.69) is 36.7 Å². The highest BCUT2D eigenvalue weighted by atomic mass is 16.2. The zero-order valence-electron chi connectivity index (χ0n) is 12.6. The summed E-state index contributed by atoms with van der Waals surface area (Å²) in [5, 5.41) is 9.29. The summed E-state index contributed by atoms with van der Waals surface area (Å²) in [6.45, 7) is 6.45. The van der Waals surface area contributed by atoms with Gasteiger partial charge >= 0.3 is 6.03 Å². The van der Waals surface area contributed by atoms with Crippen molar-refractivity contribution in [3.8, 4) is 0 Å². The number of hydrogen-bond donors (Lipinski definition) is 3. The van der Waals surface area contributed by atoms with Crippen molar-refractivity contribution in [2.45, 2.75) is 75.9 Å². The zero-order valence-corrected chi connectivity index (χ0v) is 12.6. The quantitative estimate of drug-likeness (QED) is 0.640. The van der Waals surface area contributed by atoms with Crippen LogP contribution in [-0.2, 0) is 4.79 Å². The average Bonchev–Trinajstić information content (AvgIpc) is 2.94. The highest BCUT2D eigenvalue weighted by Crippen LogP contribution is 2.49. The molecule has 3 rings (SSSR count). The van der Waals surface area contributed by atoms with Gasteiger partial charge in [0, 0.05) is 17.0 Å². The summed E-state index contributed by atoms with van der Waals surface area (Å²) in [7, 11) is 0. The fourth-order valence-electron chi connectivity index (χ4n) is 4.71. The van der Waals surface area contributed by atoms with Crippen LogP contribution in [-0.4, -0.2) is 28.6 Å². The van der Waals surface area contributed by atoms with Crippen LogP contribution in [0.1, 0.15) is 59.3 Å². The molecular weight excluding hydrogens is 254 g/mol. The van der Waals surface area contributed by atoms with Crippen LogP contribution in [0.3, 0.4) is 0 Å². The molecule has 2 saturated heterocycles. The van der Waals surface area contributed by atoms with E-state index < -0.39 is 5.54 Å². The fourth-order valence-corrected chi connectivity index (χ4v) is 4.71. The molecule has 2 heterocycles. The lowest BCUT2D eigenvalue weighted by Gasteiger charge is -2.57. The Kier molecular flexibility index (Phi) is 2.91. The molecule has 3 fully saturated rings. The molecule has 3 unspecified atom stereocenters. The number of amides is 3. The molecule has 1 saturated carbocycles. The summed E-state index contributed by atoms with van der Waals surface area (Å²) >= 11 is 0. The van der Waals surface area contributed by atoms with Gasteiger partial charge in [-0.25, -0.2) is 4.79 Å². The number of rotatable bonds is 1. The third kappa shape index (κ3) is 1.72. The molecule has 3 N–H and O–H groups in total. The number of hydrogen-bond acceptors (Lipinski definition) is 3. The van der Waals surface area contributed by atoms with Crippen LogP contribution >= 0.6 is 0 Å². The molecule has 0 aromatic rings. The van der Waals surface area contributed by atoms with Crippen molar-refractivity contribution in [2.75, 3.05) is 0 Å². The van der Waals surface area contributed by atoms with E-state index in [9.17, 15) is 9.59 Å². The lowest BCUT2D eigenvalue weighted by molar-refractivity contribution is -0.131. The van der Waals surface area contributed by atoms with Crippen molar-refractivity contribution in [1.82, 2.24) is 16.0 Å². The molecule has 0 bridgehead atoms. The van der Waals surface area contributed by atoms with E-state index in [4.69, 9.17) is 0 Å². The van der Waals surface area contributed by atoms with E-state index in [-0.39, 0.29) is 28.9 Å². The van der Waals surface area contributed by atoms with Gasteiger partial charge in [0.05, 0.1) is 0 Å². The second-order valence-electron chi connectivity index (χ2n) is 7.18. The van der Waals surface area contributed by atoms with Crippen LogP contribution in [0.15, 0.2) is 0 Å². The number of carbonyl (C=O) groups is 2. The van der Waals surface area contributed by atoms with Crippen LogP contribution in [0, 0.1) is 5.92 Å². The molecule has 0 radical (unpaired) electrons. The molecule has 20 heavy (non-hydrogen) atoms. The third-order valence-electron chi connectivity index (χ3n) is 6.03. The first-order chi connectivity index (χ1) is 9.36. The molecule has 112 valence electrons. The predicted octanol–water partition coefficient (Wildman–Crippen LogP) is 1.68. The van der Waals surface area contributed by atoms with Crippen molar-refractivity contribution >= 4 is 11.9 Å². The molecule has 0 aromatic carbocycles.